The van der Waals surface area contributed by atoms with Gasteiger partial charge in [0.25, 0.3) is 0 Å². The lowest BCUT2D eigenvalue weighted by Gasteiger charge is -2.18. The van der Waals surface area contributed by atoms with Crippen LogP contribution in [0.1, 0.15) is 44.5 Å². The van der Waals surface area contributed by atoms with E-state index >= 15 is 0 Å². The normalized spacial score (nSPS) is 18.9. The van der Waals surface area contributed by atoms with Crippen molar-refractivity contribution < 1.29 is 4.74 Å². The third kappa shape index (κ3) is 3.35. The van der Waals surface area contributed by atoms with Crippen molar-refractivity contribution in [1.82, 2.24) is 9.97 Å². The van der Waals surface area contributed by atoms with Gasteiger partial charge in [-0.15, -0.1) is 0 Å². The zero-order chi connectivity index (χ0) is 13.8. The molecule has 1 saturated heterocycles. The first-order valence-corrected chi connectivity index (χ1v) is 7.08. The number of anilines is 2. The van der Waals surface area contributed by atoms with Crippen LogP contribution in [-0.2, 0) is 4.74 Å². The molecule has 5 heteroatoms. The molecule has 19 heavy (non-hydrogen) atoms. The van der Waals surface area contributed by atoms with E-state index in [0.29, 0.717) is 12.0 Å². The fourth-order valence-electron chi connectivity index (χ4n) is 2.11. The SMILES string of the molecule is CCNc1nc(C(C)C)nc(NC2CCOC2)c1C. The predicted octanol–water partition coefficient (Wildman–Crippen LogP) is 2.54. The highest BCUT2D eigenvalue weighted by molar-refractivity contribution is 5.57. The Morgan fingerprint density at radius 2 is 2.05 bits per heavy atom. The Morgan fingerprint density at radius 1 is 1.32 bits per heavy atom. The molecule has 1 aliphatic heterocycles. The summed E-state index contributed by atoms with van der Waals surface area (Å²) in [7, 11) is 0. The maximum absolute atomic E-state index is 5.40. The number of nitrogens with zero attached hydrogens (tertiary/aromatic N) is 2. The van der Waals surface area contributed by atoms with Crippen LogP contribution in [0, 0.1) is 6.92 Å². The molecule has 1 aromatic rings. The molecule has 1 aliphatic rings. The van der Waals surface area contributed by atoms with E-state index in [4.69, 9.17) is 4.74 Å². The van der Waals surface area contributed by atoms with Crippen molar-refractivity contribution in [3.8, 4) is 0 Å². The highest BCUT2D eigenvalue weighted by Crippen LogP contribution is 2.24. The molecule has 1 atom stereocenters. The summed E-state index contributed by atoms with van der Waals surface area (Å²) in [5, 5.41) is 6.80. The van der Waals surface area contributed by atoms with Gasteiger partial charge < -0.3 is 15.4 Å². The molecule has 2 heterocycles. The number of nitrogens with one attached hydrogen (secondary N) is 2. The zero-order valence-corrected chi connectivity index (χ0v) is 12.3. The van der Waals surface area contributed by atoms with E-state index in [1.54, 1.807) is 0 Å². The lowest BCUT2D eigenvalue weighted by atomic mass is 10.2. The summed E-state index contributed by atoms with van der Waals surface area (Å²) in [6.07, 6.45) is 1.04. The molecular weight excluding hydrogens is 240 g/mol. The second kappa shape index (κ2) is 6.19. The molecule has 0 radical (unpaired) electrons. The molecule has 1 unspecified atom stereocenters. The molecule has 2 N–H and O–H groups in total. The van der Waals surface area contributed by atoms with Crippen LogP contribution < -0.4 is 10.6 Å². The molecule has 1 fully saturated rings. The Bertz CT molecular complexity index is 428. The quantitative estimate of drug-likeness (QED) is 0.856. The summed E-state index contributed by atoms with van der Waals surface area (Å²) in [6, 6.07) is 0.364. The summed E-state index contributed by atoms with van der Waals surface area (Å²) in [6.45, 7) is 10.8. The van der Waals surface area contributed by atoms with Crippen LogP contribution in [0.25, 0.3) is 0 Å². The Labute approximate surface area is 115 Å². The molecule has 1 aromatic heterocycles. The molecule has 2 rings (SSSR count). The number of aromatic nitrogens is 2. The minimum Gasteiger partial charge on any atom is -0.379 e. The van der Waals surface area contributed by atoms with Crippen molar-refractivity contribution in [1.29, 1.82) is 0 Å². The average molecular weight is 264 g/mol. The van der Waals surface area contributed by atoms with Crippen molar-refractivity contribution in [2.45, 2.75) is 46.1 Å². The maximum Gasteiger partial charge on any atom is 0.135 e. The lowest BCUT2D eigenvalue weighted by molar-refractivity contribution is 0.195. The van der Waals surface area contributed by atoms with Crippen LogP contribution in [0.4, 0.5) is 11.6 Å². The van der Waals surface area contributed by atoms with Gasteiger partial charge in [-0.25, -0.2) is 9.97 Å². The summed E-state index contributed by atoms with van der Waals surface area (Å²) in [5.74, 6) is 3.06. The predicted molar refractivity (Wildman–Crippen MR) is 77.9 cm³/mol. The third-order valence-corrected chi connectivity index (χ3v) is 3.29. The van der Waals surface area contributed by atoms with E-state index in [9.17, 15) is 0 Å². The van der Waals surface area contributed by atoms with E-state index in [0.717, 1.165) is 49.2 Å². The van der Waals surface area contributed by atoms with Gasteiger partial charge >= 0.3 is 0 Å². The van der Waals surface area contributed by atoms with E-state index < -0.39 is 0 Å². The number of ether oxygens (including phenoxy) is 1. The number of hydrogen-bond donors (Lipinski definition) is 2. The van der Waals surface area contributed by atoms with Gasteiger partial charge in [0.1, 0.15) is 17.5 Å². The smallest absolute Gasteiger partial charge is 0.135 e. The zero-order valence-electron chi connectivity index (χ0n) is 12.3. The largest absolute Gasteiger partial charge is 0.379 e. The number of rotatable bonds is 5. The summed E-state index contributed by atoms with van der Waals surface area (Å²) >= 11 is 0. The Morgan fingerprint density at radius 3 is 2.63 bits per heavy atom. The molecule has 0 spiro atoms. The molecule has 0 aromatic carbocycles. The van der Waals surface area contributed by atoms with Crippen LogP contribution in [0.2, 0.25) is 0 Å². The minimum absolute atomic E-state index is 0.318. The van der Waals surface area contributed by atoms with Crippen molar-refractivity contribution in [2.24, 2.45) is 0 Å². The molecule has 0 aliphatic carbocycles. The molecule has 0 bridgehead atoms. The van der Waals surface area contributed by atoms with Gasteiger partial charge in [-0.1, -0.05) is 13.8 Å². The molecular formula is C14H24N4O. The van der Waals surface area contributed by atoms with Crippen molar-refractivity contribution in [3.63, 3.8) is 0 Å². The Hall–Kier alpha value is -1.36. The fourth-order valence-corrected chi connectivity index (χ4v) is 2.11. The Kier molecular flexibility index (Phi) is 4.58. The maximum atomic E-state index is 5.40. The summed E-state index contributed by atoms with van der Waals surface area (Å²) < 4.78 is 5.40. The first-order valence-electron chi connectivity index (χ1n) is 7.08. The van der Waals surface area contributed by atoms with Gasteiger partial charge in [-0.05, 0) is 20.3 Å². The topological polar surface area (TPSA) is 59.1 Å². The number of hydrogen-bond acceptors (Lipinski definition) is 5. The second-order valence-corrected chi connectivity index (χ2v) is 5.29. The first kappa shape index (κ1) is 14.1. The minimum atomic E-state index is 0.318. The molecule has 106 valence electrons. The van der Waals surface area contributed by atoms with Gasteiger partial charge in [0.05, 0.1) is 12.6 Å². The van der Waals surface area contributed by atoms with E-state index in [-0.39, 0.29) is 0 Å². The van der Waals surface area contributed by atoms with Gasteiger partial charge in [0.2, 0.25) is 0 Å². The third-order valence-electron chi connectivity index (χ3n) is 3.29. The summed E-state index contributed by atoms with van der Waals surface area (Å²) in [4.78, 5) is 9.26. The van der Waals surface area contributed by atoms with E-state index in [2.05, 4.69) is 48.3 Å². The average Bonchev–Trinajstić information content (AvgIpc) is 2.87. The fraction of sp³-hybridized carbons (Fsp3) is 0.714. The molecule has 0 saturated carbocycles. The summed E-state index contributed by atoms with van der Waals surface area (Å²) in [5.41, 5.74) is 1.08. The second-order valence-electron chi connectivity index (χ2n) is 5.29. The van der Waals surface area contributed by atoms with Crippen LogP contribution in [0.5, 0.6) is 0 Å². The van der Waals surface area contributed by atoms with E-state index in [1.165, 1.54) is 0 Å². The molecule has 0 amide bonds. The monoisotopic (exact) mass is 264 g/mol. The van der Waals surface area contributed by atoms with E-state index in [1.807, 2.05) is 0 Å². The van der Waals surface area contributed by atoms with Crippen LogP contribution in [-0.4, -0.2) is 35.8 Å². The van der Waals surface area contributed by atoms with Crippen LogP contribution in [0.3, 0.4) is 0 Å². The lowest BCUT2D eigenvalue weighted by Crippen LogP contribution is -2.22. The van der Waals surface area contributed by atoms with Gasteiger partial charge in [-0.2, -0.15) is 0 Å². The highest BCUT2D eigenvalue weighted by atomic mass is 16.5. The Balaban J connectivity index is 2.28. The van der Waals surface area contributed by atoms with Crippen LogP contribution in [0.15, 0.2) is 0 Å². The van der Waals surface area contributed by atoms with Gasteiger partial charge in [0, 0.05) is 24.6 Å². The van der Waals surface area contributed by atoms with Gasteiger partial charge in [0.15, 0.2) is 0 Å². The van der Waals surface area contributed by atoms with Crippen molar-refractivity contribution in [2.75, 3.05) is 30.4 Å². The standard InChI is InChI=1S/C14H24N4O/c1-5-15-13-10(4)14(16-11-6-7-19-8-11)18-12(17-13)9(2)3/h9,11H,5-8H2,1-4H3,(H2,15,16,17,18). The van der Waals surface area contributed by atoms with Crippen molar-refractivity contribution >= 4 is 11.6 Å². The highest BCUT2D eigenvalue weighted by Gasteiger charge is 2.19. The molecule has 5 nitrogen and oxygen atoms in total. The van der Waals surface area contributed by atoms with Crippen molar-refractivity contribution in [3.05, 3.63) is 11.4 Å². The van der Waals surface area contributed by atoms with Gasteiger partial charge in [-0.3, -0.25) is 0 Å². The van der Waals surface area contributed by atoms with Crippen LogP contribution >= 0.6 is 0 Å². The first-order chi connectivity index (χ1) is 9.11.